The van der Waals surface area contributed by atoms with Gasteiger partial charge in [-0.3, -0.25) is 4.79 Å². The summed E-state index contributed by atoms with van der Waals surface area (Å²) in [6, 6.07) is 9.67. The zero-order valence-corrected chi connectivity index (χ0v) is 17.3. The number of hydrogen-bond acceptors (Lipinski definition) is 3. The van der Waals surface area contributed by atoms with E-state index in [1.165, 1.54) is 0 Å². The van der Waals surface area contributed by atoms with E-state index in [1.54, 1.807) is 19.4 Å². The molecule has 1 N–H and O–H groups in total. The van der Waals surface area contributed by atoms with Gasteiger partial charge < -0.3 is 14.5 Å². The molecule has 0 aliphatic rings. The fourth-order valence-electron chi connectivity index (χ4n) is 3.30. The van der Waals surface area contributed by atoms with Gasteiger partial charge in [0.1, 0.15) is 11.3 Å². The number of nitrogens with one attached hydrogen (secondary N) is 1. The van der Waals surface area contributed by atoms with E-state index in [0.717, 1.165) is 45.2 Å². The van der Waals surface area contributed by atoms with E-state index < -0.39 is 0 Å². The summed E-state index contributed by atoms with van der Waals surface area (Å²) in [5.41, 5.74) is 5.36. The van der Waals surface area contributed by atoms with Crippen molar-refractivity contribution in [2.24, 2.45) is 0 Å². The normalized spacial score (nSPS) is 11.7. The van der Waals surface area contributed by atoms with Gasteiger partial charge in [-0.15, -0.1) is 0 Å². The highest BCUT2D eigenvalue weighted by atomic mass is 35.5. The van der Waals surface area contributed by atoms with Crippen LogP contribution in [0.15, 0.2) is 47.1 Å². The zero-order valence-electron chi connectivity index (χ0n) is 16.6. The second-order valence-corrected chi connectivity index (χ2v) is 7.17. The van der Waals surface area contributed by atoms with Crippen molar-refractivity contribution in [2.75, 3.05) is 13.7 Å². The first kappa shape index (κ1) is 20.0. The van der Waals surface area contributed by atoms with E-state index in [1.807, 2.05) is 51.1 Å². The second kappa shape index (κ2) is 8.53. The van der Waals surface area contributed by atoms with E-state index >= 15 is 0 Å². The third-order valence-electron chi connectivity index (χ3n) is 4.72. The molecule has 3 aromatic rings. The summed E-state index contributed by atoms with van der Waals surface area (Å²) in [5.74, 6) is 0.603. The SMILES string of the molecule is CCCNC(=O)/C=C(\C)c1cc2c(-c3ccc(Cl)cc3)coc2c(C)c1OC. The van der Waals surface area contributed by atoms with Crippen molar-refractivity contribution in [3.63, 3.8) is 0 Å². The number of rotatable bonds is 6. The van der Waals surface area contributed by atoms with Crippen LogP contribution < -0.4 is 10.1 Å². The van der Waals surface area contributed by atoms with Gasteiger partial charge >= 0.3 is 0 Å². The third-order valence-corrected chi connectivity index (χ3v) is 4.98. The van der Waals surface area contributed by atoms with Gasteiger partial charge in [0.25, 0.3) is 0 Å². The number of halogens is 1. The Morgan fingerprint density at radius 1 is 1.29 bits per heavy atom. The summed E-state index contributed by atoms with van der Waals surface area (Å²) < 4.78 is 11.5. The Kier molecular flexibility index (Phi) is 6.10. The molecule has 4 nitrogen and oxygen atoms in total. The van der Waals surface area contributed by atoms with Crippen LogP contribution in [0.25, 0.3) is 27.7 Å². The topological polar surface area (TPSA) is 51.5 Å². The number of hydrogen-bond donors (Lipinski definition) is 1. The van der Waals surface area contributed by atoms with Crippen molar-refractivity contribution in [2.45, 2.75) is 27.2 Å². The van der Waals surface area contributed by atoms with Gasteiger partial charge in [-0.2, -0.15) is 0 Å². The van der Waals surface area contributed by atoms with Crippen LogP contribution in [0, 0.1) is 6.92 Å². The average molecular weight is 398 g/mol. The van der Waals surface area contributed by atoms with E-state index in [0.29, 0.717) is 17.3 Å². The molecule has 0 radical (unpaired) electrons. The summed E-state index contributed by atoms with van der Waals surface area (Å²) in [7, 11) is 1.63. The molecule has 0 aliphatic heterocycles. The molecule has 146 valence electrons. The number of benzene rings is 2. The number of amides is 1. The Morgan fingerprint density at radius 3 is 2.64 bits per heavy atom. The molecule has 0 fully saturated rings. The molecule has 1 amide bonds. The van der Waals surface area contributed by atoms with E-state index in [-0.39, 0.29) is 5.91 Å². The first-order chi connectivity index (χ1) is 13.5. The van der Waals surface area contributed by atoms with Crippen LogP contribution in [-0.2, 0) is 4.79 Å². The number of carbonyl (C=O) groups is 1. The lowest BCUT2D eigenvalue weighted by molar-refractivity contribution is -0.116. The average Bonchev–Trinajstić information content (AvgIpc) is 3.11. The molecule has 3 rings (SSSR count). The van der Waals surface area contributed by atoms with Crippen LogP contribution in [0.4, 0.5) is 0 Å². The van der Waals surface area contributed by atoms with Gasteiger partial charge in [0.05, 0.1) is 13.4 Å². The molecule has 2 aromatic carbocycles. The minimum absolute atomic E-state index is 0.107. The Balaban J connectivity index is 2.14. The Morgan fingerprint density at radius 2 is 2.00 bits per heavy atom. The number of methoxy groups -OCH3 is 1. The molecule has 0 bridgehead atoms. The molecule has 28 heavy (non-hydrogen) atoms. The minimum Gasteiger partial charge on any atom is -0.496 e. The maximum Gasteiger partial charge on any atom is 0.244 e. The summed E-state index contributed by atoms with van der Waals surface area (Å²) in [4.78, 5) is 12.1. The number of furan rings is 1. The van der Waals surface area contributed by atoms with Crippen LogP contribution in [0.1, 0.15) is 31.4 Å². The van der Waals surface area contributed by atoms with Crippen LogP contribution >= 0.6 is 11.6 Å². The molecular weight excluding hydrogens is 374 g/mol. The predicted molar refractivity (Wildman–Crippen MR) is 115 cm³/mol. The van der Waals surface area contributed by atoms with Crippen molar-refractivity contribution in [3.05, 3.63) is 58.8 Å². The minimum atomic E-state index is -0.107. The van der Waals surface area contributed by atoms with Crippen LogP contribution in [0.2, 0.25) is 5.02 Å². The lowest BCUT2D eigenvalue weighted by atomic mass is 9.96. The van der Waals surface area contributed by atoms with E-state index in [2.05, 4.69) is 5.32 Å². The van der Waals surface area contributed by atoms with Crippen molar-refractivity contribution in [1.82, 2.24) is 5.32 Å². The molecule has 0 spiro atoms. The summed E-state index contributed by atoms with van der Waals surface area (Å²) in [5, 5.41) is 4.53. The van der Waals surface area contributed by atoms with Crippen LogP contribution in [0.5, 0.6) is 5.75 Å². The van der Waals surface area contributed by atoms with Crippen LogP contribution in [-0.4, -0.2) is 19.6 Å². The van der Waals surface area contributed by atoms with Gasteiger partial charge in [-0.1, -0.05) is 30.7 Å². The zero-order chi connectivity index (χ0) is 20.3. The highest BCUT2D eigenvalue weighted by Gasteiger charge is 2.18. The first-order valence-electron chi connectivity index (χ1n) is 9.27. The molecule has 1 heterocycles. The van der Waals surface area contributed by atoms with Gasteiger partial charge in [0, 0.05) is 39.7 Å². The van der Waals surface area contributed by atoms with Gasteiger partial charge in [-0.25, -0.2) is 0 Å². The second-order valence-electron chi connectivity index (χ2n) is 6.73. The first-order valence-corrected chi connectivity index (χ1v) is 9.65. The molecule has 0 atom stereocenters. The number of ether oxygens (including phenoxy) is 1. The predicted octanol–water partition coefficient (Wildman–Crippen LogP) is 6.00. The molecule has 0 saturated heterocycles. The largest absolute Gasteiger partial charge is 0.496 e. The molecular formula is C23H24ClNO3. The smallest absolute Gasteiger partial charge is 0.244 e. The number of allylic oxidation sites excluding steroid dienone is 1. The monoisotopic (exact) mass is 397 g/mol. The Bertz CT molecular complexity index is 1030. The summed E-state index contributed by atoms with van der Waals surface area (Å²) >= 11 is 6.02. The van der Waals surface area contributed by atoms with Gasteiger partial charge in [0.15, 0.2) is 0 Å². The van der Waals surface area contributed by atoms with Gasteiger partial charge in [-0.05, 0) is 49.6 Å². The maximum atomic E-state index is 12.1. The highest BCUT2D eigenvalue weighted by molar-refractivity contribution is 6.30. The Hall–Kier alpha value is -2.72. The quantitative estimate of drug-likeness (QED) is 0.519. The number of fused-ring (bicyclic) bond motifs is 1. The number of carbonyl (C=O) groups excluding carboxylic acids is 1. The molecule has 0 saturated carbocycles. The fraction of sp³-hybridized carbons (Fsp3) is 0.261. The molecule has 0 aliphatic carbocycles. The highest BCUT2D eigenvalue weighted by Crippen LogP contribution is 2.40. The van der Waals surface area contributed by atoms with E-state index in [4.69, 9.17) is 20.8 Å². The lowest BCUT2D eigenvalue weighted by Gasteiger charge is -2.13. The maximum absolute atomic E-state index is 12.1. The van der Waals surface area contributed by atoms with Crippen molar-refractivity contribution >= 4 is 34.1 Å². The molecule has 5 heteroatoms. The standard InChI is InChI=1S/C23H24ClNO3/c1-5-10-25-21(26)11-14(2)18-12-19-20(16-6-8-17(24)9-7-16)13-28-23(19)15(3)22(18)27-4/h6-9,11-13H,5,10H2,1-4H3,(H,25,26)/b14-11+. The summed E-state index contributed by atoms with van der Waals surface area (Å²) in [6.45, 7) is 6.55. The van der Waals surface area contributed by atoms with Crippen molar-refractivity contribution < 1.29 is 13.9 Å². The van der Waals surface area contributed by atoms with Crippen LogP contribution in [0.3, 0.4) is 0 Å². The van der Waals surface area contributed by atoms with Crippen molar-refractivity contribution in [3.8, 4) is 16.9 Å². The van der Waals surface area contributed by atoms with Crippen molar-refractivity contribution in [1.29, 1.82) is 0 Å². The lowest BCUT2D eigenvalue weighted by Crippen LogP contribution is -2.21. The molecule has 0 unspecified atom stereocenters. The summed E-state index contributed by atoms with van der Waals surface area (Å²) in [6.07, 6.45) is 4.25. The van der Waals surface area contributed by atoms with Gasteiger partial charge in [0.2, 0.25) is 5.91 Å². The third kappa shape index (κ3) is 3.92. The Labute approximate surface area is 170 Å². The molecule has 1 aromatic heterocycles. The number of aryl methyl sites for hydroxylation is 1. The fourth-order valence-corrected chi connectivity index (χ4v) is 3.42. The van der Waals surface area contributed by atoms with E-state index in [9.17, 15) is 4.79 Å².